The molecule has 0 spiro atoms. The molecule has 4 rings (SSSR count). The third kappa shape index (κ3) is 6.17. The Morgan fingerprint density at radius 3 is 2.26 bits per heavy atom. The lowest BCUT2D eigenvalue weighted by Gasteiger charge is -2.15. The molecule has 0 aliphatic rings. The van der Waals surface area contributed by atoms with Crippen molar-refractivity contribution in [2.24, 2.45) is 0 Å². The number of pyridine rings is 1. The summed E-state index contributed by atoms with van der Waals surface area (Å²) in [6, 6.07) is 24.8. The molecule has 2 N–H and O–H groups in total. The van der Waals surface area contributed by atoms with E-state index in [0.717, 1.165) is 23.4 Å². The molecule has 8 heteroatoms. The van der Waals surface area contributed by atoms with Crippen LogP contribution in [0.25, 0.3) is 11.1 Å². The Morgan fingerprint density at radius 1 is 0.829 bits per heavy atom. The molecule has 178 valence electrons. The Kier molecular flexibility index (Phi) is 7.64. The van der Waals surface area contributed by atoms with Crippen LogP contribution in [0.2, 0.25) is 0 Å². The first kappa shape index (κ1) is 24.3. The molecule has 0 aliphatic carbocycles. The monoisotopic (exact) mass is 489 g/mol. The molecule has 0 aliphatic heterocycles. The predicted octanol–water partition coefficient (Wildman–Crippen LogP) is 4.34. The lowest BCUT2D eigenvalue weighted by atomic mass is 9.95. The van der Waals surface area contributed by atoms with Gasteiger partial charge in [0.1, 0.15) is 5.82 Å². The topological polar surface area (TPSA) is 88.2 Å². The van der Waals surface area contributed by atoms with Gasteiger partial charge in [0.15, 0.2) is 0 Å². The molecule has 35 heavy (non-hydrogen) atoms. The van der Waals surface area contributed by atoms with Crippen molar-refractivity contribution < 1.29 is 17.6 Å². The number of amides is 1. The number of carbonyl (C=O) groups excluding carboxylic acids is 1. The van der Waals surface area contributed by atoms with Gasteiger partial charge in [-0.15, -0.1) is 0 Å². The lowest BCUT2D eigenvalue weighted by molar-refractivity contribution is 0.0954. The lowest BCUT2D eigenvalue weighted by Crippen LogP contribution is -2.26. The van der Waals surface area contributed by atoms with Crippen LogP contribution >= 0.6 is 0 Å². The van der Waals surface area contributed by atoms with E-state index in [2.05, 4.69) is 15.0 Å². The van der Waals surface area contributed by atoms with Gasteiger partial charge in [0.05, 0.1) is 4.90 Å². The molecule has 1 heterocycles. The highest BCUT2D eigenvalue weighted by Gasteiger charge is 2.17. The fraction of sp³-hybridized carbons (Fsp3) is 0.111. The van der Waals surface area contributed by atoms with Crippen LogP contribution in [-0.4, -0.2) is 25.9 Å². The maximum atomic E-state index is 13.2. The van der Waals surface area contributed by atoms with E-state index < -0.39 is 15.8 Å². The van der Waals surface area contributed by atoms with Gasteiger partial charge in [0.2, 0.25) is 10.0 Å². The van der Waals surface area contributed by atoms with Gasteiger partial charge >= 0.3 is 0 Å². The quantitative estimate of drug-likeness (QED) is 0.366. The van der Waals surface area contributed by atoms with E-state index in [1.165, 1.54) is 12.1 Å². The van der Waals surface area contributed by atoms with Gasteiger partial charge < -0.3 is 5.32 Å². The molecule has 0 saturated heterocycles. The number of rotatable bonds is 9. The Hall–Kier alpha value is -3.88. The molecule has 0 radical (unpaired) electrons. The number of hydrogen-bond acceptors (Lipinski definition) is 4. The zero-order valence-corrected chi connectivity index (χ0v) is 19.6. The summed E-state index contributed by atoms with van der Waals surface area (Å²) in [6.45, 7) is 0.439. The van der Waals surface area contributed by atoms with E-state index in [0.29, 0.717) is 29.7 Å². The minimum Gasteiger partial charge on any atom is -0.352 e. The standard InChI is InChI=1S/C27H24FN3O3S/c28-21-12-14-23(15-13-21)35(33,34)31-19-20-7-1-2-9-24(20)25-10-3-4-11-26(25)27(32)30-18-16-22-8-5-6-17-29-22/h1-15,17,31H,16,18-19H2,(H,30,32). The summed E-state index contributed by atoms with van der Waals surface area (Å²) in [5.74, 6) is -0.734. The highest BCUT2D eigenvalue weighted by molar-refractivity contribution is 7.89. The number of benzene rings is 3. The van der Waals surface area contributed by atoms with Crippen molar-refractivity contribution in [3.05, 3.63) is 120 Å². The van der Waals surface area contributed by atoms with Gasteiger partial charge in [-0.2, -0.15) is 0 Å². The molecule has 0 unspecified atom stereocenters. The maximum absolute atomic E-state index is 13.2. The number of nitrogens with one attached hydrogen (secondary N) is 2. The number of halogens is 1. The Morgan fingerprint density at radius 2 is 1.51 bits per heavy atom. The molecular formula is C27H24FN3O3S. The molecule has 3 aromatic carbocycles. The summed E-state index contributed by atoms with van der Waals surface area (Å²) in [5.41, 5.74) is 3.51. The van der Waals surface area contributed by atoms with Gasteiger partial charge in [-0.05, 0) is 59.2 Å². The first-order valence-corrected chi connectivity index (χ1v) is 12.5. The molecule has 0 bridgehead atoms. The van der Waals surface area contributed by atoms with Crippen molar-refractivity contribution in [2.75, 3.05) is 6.54 Å². The van der Waals surface area contributed by atoms with Crippen LogP contribution in [0.15, 0.2) is 102 Å². The molecule has 0 atom stereocenters. The van der Waals surface area contributed by atoms with Gasteiger partial charge in [0.25, 0.3) is 5.91 Å². The second-order valence-corrected chi connectivity index (χ2v) is 9.58. The van der Waals surface area contributed by atoms with Crippen LogP contribution in [0.3, 0.4) is 0 Å². The molecule has 0 saturated carbocycles. The molecular weight excluding hydrogens is 465 g/mol. The maximum Gasteiger partial charge on any atom is 0.251 e. The fourth-order valence-corrected chi connectivity index (χ4v) is 4.67. The number of carbonyl (C=O) groups is 1. The summed E-state index contributed by atoms with van der Waals surface area (Å²) in [5, 5.41) is 2.94. The number of sulfonamides is 1. The first-order chi connectivity index (χ1) is 16.9. The largest absolute Gasteiger partial charge is 0.352 e. The third-order valence-electron chi connectivity index (χ3n) is 5.45. The smallest absolute Gasteiger partial charge is 0.251 e. The van der Waals surface area contributed by atoms with Crippen LogP contribution in [0.5, 0.6) is 0 Å². The normalized spacial score (nSPS) is 11.2. The number of hydrogen-bond donors (Lipinski definition) is 2. The number of nitrogens with zero attached hydrogens (tertiary/aromatic N) is 1. The highest BCUT2D eigenvalue weighted by Crippen LogP contribution is 2.27. The summed E-state index contributed by atoms with van der Waals surface area (Å²) >= 11 is 0. The summed E-state index contributed by atoms with van der Waals surface area (Å²) < 4.78 is 41.1. The zero-order valence-electron chi connectivity index (χ0n) is 18.8. The molecule has 1 amide bonds. The Bertz CT molecular complexity index is 1410. The summed E-state index contributed by atoms with van der Waals surface area (Å²) in [4.78, 5) is 17.2. The van der Waals surface area contributed by atoms with Crippen LogP contribution in [0.1, 0.15) is 21.6 Å². The average Bonchev–Trinajstić information content (AvgIpc) is 2.88. The van der Waals surface area contributed by atoms with Crippen molar-refractivity contribution in [2.45, 2.75) is 17.9 Å². The molecule has 1 aromatic heterocycles. The van der Waals surface area contributed by atoms with Gasteiger partial charge in [0, 0.05) is 37.0 Å². The predicted molar refractivity (Wildman–Crippen MR) is 133 cm³/mol. The van der Waals surface area contributed by atoms with Gasteiger partial charge in [-0.1, -0.05) is 48.5 Å². The first-order valence-electron chi connectivity index (χ1n) is 11.0. The van der Waals surface area contributed by atoms with Crippen molar-refractivity contribution in [3.8, 4) is 11.1 Å². The van der Waals surface area contributed by atoms with E-state index >= 15 is 0 Å². The number of aromatic nitrogens is 1. The van der Waals surface area contributed by atoms with E-state index in [1.807, 2.05) is 42.5 Å². The molecule has 4 aromatic rings. The zero-order chi connectivity index (χ0) is 24.7. The highest BCUT2D eigenvalue weighted by atomic mass is 32.2. The minimum absolute atomic E-state index is 0.00547. The Labute approximate surface area is 203 Å². The summed E-state index contributed by atoms with van der Waals surface area (Å²) in [7, 11) is -3.84. The van der Waals surface area contributed by atoms with Crippen molar-refractivity contribution in [1.29, 1.82) is 0 Å². The fourth-order valence-electron chi connectivity index (χ4n) is 3.67. The average molecular weight is 490 g/mol. The molecule has 0 fully saturated rings. The van der Waals surface area contributed by atoms with Crippen LogP contribution in [0, 0.1) is 5.82 Å². The van der Waals surface area contributed by atoms with Gasteiger partial charge in [-0.3, -0.25) is 9.78 Å². The summed E-state index contributed by atoms with van der Waals surface area (Å²) in [6.07, 6.45) is 2.32. The van der Waals surface area contributed by atoms with E-state index in [9.17, 15) is 17.6 Å². The van der Waals surface area contributed by atoms with E-state index in [-0.39, 0.29) is 17.3 Å². The van der Waals surface area contributed by atoms with Crippen molar-refractivity contribution in [3.63, 3.8) is 0 Å². The Balaban J connectivity index is 1.52. The second kappa shape index (κ2) is 11.0. The van der Waals surface area contributed by atoms with Crippen molar-refractivity contribution >= 4 is 15.9 Å². The van der Waals surface area contributed by atoms with Crippen LogP contribution < -0.4 is 10.0 Å². The van der Waals surface area contributed by atoms with E-state index in [4.69, 9.17) is 0 Å². The van der Waals surface area contributed by atoms with E-state index in [1.54, 1.807) is 30.5 Å². The van der Waals surface area contributed by atoms with Gasteiger partial charge in [-0.25, -0.2) is 17.5 Å². The van der Waals surface area contributed by atoms with Crippen LogP contribution in [-0.2, 0) is 23.0 Å². The SMILES string of the molecule is O=C(NCCc1ccccn1)c1ccccc1-c1ccccc1CNS(=O)(=O)c1ccc(F)cc1. The van der Waals surface area contributed by atoms with Crippen molar-refractivity contribution in [1.82, 2.24) is 15.0 Å². The second-order valence-electron chi connectivity index (χ2n) is 7.81. The molecule has 6 nitrogen and oxygen atoms in total. The van der Waals surface area contributed by atoms with Crippen LogP contribution in [0.4, 0.5) is 4.39 Å². The minimum atomic E-state index is -3.84. The third-order valence-corrected chi connectivity index (χ3v) is 6.87.